The van der Waals surface area contributed by atoms with Gasteiger partial charge in [0.15, 0.2) is 0 Å². The van der Waals surface area contributed by atoms with Crippen molar-refractivity contribution < 1.29 is 4.74 Å². The Morgan fingerprint density at radius 1 is 1.19 bits per heavy atom. The molecule has 0 N–H and O–H groups in total. The molecule has 2 aromatic rings. The molecule has 1 aromatic carbocycles. The van der Waals surface area contributed by atoms with Gasteiger partial charge in [-0.3, -0.25) is 0 Å². The van der Waals surface area contributed by atoms with Crippen molar-refractivity contribution in [2.45, 2.75) is 6.92 Å². The Morgan fingerprint density at radius 3 is 2.69 bits per heavy atom. The fourth-order valence-electron chi connectivity index (χ4n) is 1.58. The fraction of sp³-hybridized carbons (Fsp3) is 0.154. The maximum Gasteiger partial charge on any atom is 0.128 e. The van der Waals surface area contributed by atoms with Crippen molar-refractivity contribution in [1.29, 1.82) is 0 Å². The Bertz CT molecular complexity index is 511. The van der Waals surface area contributed by atoms with E-state index in [1.807, 2.05) is 30.3 Å². The molecule has 0 bridgehead atoms. The van der Waals surface area contributed by atoms with Gasteiger partial charge in [0.25, 0.3) is 0 Å². The van der Waals surface area contributed by atoms with Crippen molar-refractivity contribution >= 4 is 15.9 Å². The van der Waals surface area contributed by atoms with Crippen molar-refractivity contribution in [1.82, 2.24) is 4.98 Å². The lowest BCUT2D eigenvalue weighted by molar-refractivity contribution is 0.416. The summed E-state index contributed by atoms with van der Waals surface area (Å²) in [6.45, 7) is 2.06. The number of methoxy groups -OCH3 is 1. The van der Waals surface area contributed by atoms with Gasteiger partial charge >= 0.3 is 0 Å². The van der Waals surface area contributed by atoms with Crippen molar-refractivity contribution in [3.63, 3.8) is 0 Å². The van der Waals surface area contributed by atoms with E-state index in [2.05, 4.69) is 33.9 Å². The zero-order valence-electron chi connectivity index (χ0n) is 9.20. The van der Waals surface area contributed by atoms with Crippen molar-refractivity contribution in [2.24, 2.45) is 0 Å². The third-order valence-corrected chi connectivity index (χ3v) is 2.79. The van der Waals surface area contributed by atoms with Gasteiger partial charge in [-0.25, -0.2) is 4.98 Å². The zero-order valence-corrected chi connectivity index (χ0v) is 10.8. The summed E-state index contributed by atoms with van der Waals surface area (Å²) in [6.07, 6.45) is 0. The molecule has 0 saturated carbocycles. The number of hydrogen-bond donors (Lipinski definition) is 0. The van der Waals surface area contributed by atoms with Gasteiger partial charge in [-0.1, -0.05) is 17.7 Å². The molecule has 2 rings (SSSR count). The van der Waals surface area contributed by atoms with Crippen LogP contribution in [0.1, 0.15) is 5.56 Å². The van der Waals surface area contributed by atoms with Crippen LogP contribution in [0.25, 0.3) is 11.3 Å². The fourth-order valence-corrected chi connectivity index (χ4v) is 1.92. The molecule has 0 atom stereocenters. The summed E-state index contributed by atoms with van der Waals surface area (Å²) in [7, 11) is 1.67. The van der Waals surface area contributed by atoms with Gasteiger partial charge < -0.3 is 4.74 Å². The molecule has 82 valence electrons. The van der Waals surface area contributed by atoms with E-state index in [-0.39, 0.29) is 0 Å². The van der Waals surface area contributed by atoms with Crippen molar-refractivity contribution in [3.05, 3.63) is 46.6 Å². The van der Waals surface area contributed by atoms with Crippen LogP contribution >= 0.6 is 15.9 Å². The molecule has 0 spiro atoms. The number of aromatic nitrogens is 1. The molecule has 0 aliphatic rings. The Morgan fingerprint density at radius 2 is 2.00 bits per heavy atom. The first-order valence-corrected chi connectivity index (χ1v) is 5.77. The molecular formula is C13H12BrNO. The van der Waals surface area contributed by atoms with E-state index < -0.39 is 0 Å². The quantitative estimate of drug-likeness (QED) is 0.779. The average Bonchev–Trinajstić information content (AvgIpc) is 2.29. The van der Waals surface area contributed by atoms with E-state index in [1.54, 1.807) is 7.11 Å². The molecule has 1 heterocycles. The van der Waals surface area contributed by atoms with Gasteiger partial charge in [0.1, 0.15) is 10.4 Å². The van der Waals surface area contributed by atoms with E-state index in [0.29, 0.717) is 0 Å². The lowest BCUT2D eigenvalue weighted by Crippen LogP contribution is -1.91. The second-order valence-electron chi connectivity index (χ2n) is 3.55. The largest absolute Gasteiger partial charge is 0.496 e. The predicted octanol–water partition coefficient (Wildman–Crippen LogP) is 3.83. The smallest absolute Gasteiger partial charge is 0.128 e. The minimum Gasteiger partial charge on any atom is -0.496 e. The third kappa shape index (κ3) is 2.25. The summed E-state index contributed by atoms with van der Waals surface area (Å²) in [4.78, 5) is 4.43. The molecule has 2 nitrogen and oxygen atoms in total. The lowest BCUT2D eigenvalue weighted by atomic mass is 10.1. The van der Waals surface area contributed by atoms with E-state index in [9.17, 15) is 0 Å². The number of nitrogens with zero attached hydrogens (tertiary/aromatic N) is 1. The van der Waals surface area contributed by atoms with E-state index in [1.165, 1.54) is 5.56 Å². The number of pyridine rings is 1. The van der Waals surface area contributed by atoms with E-state index in [0.717, 1.165) is 21.6 Å². The van der Waals surface area contributed by atoms with Crippen LogP contribution in [0.2, 0.25) is 0 Å². The minimum absolute atomic E-state index is 0.827. The molecule has 0 saturated heterocycles. The summed E-state index contributed by atoms with van der Waals surface area (Å²) in [6, 6.07) is 11.9. The van der Waals surface area contributed by atoms with Crippen LogP contribution < -0.4 is 4.74 Å². The highest BCUT2D eigenvalue weighted by atomic mass is 79.9. The standard InChI is InChI=1S/C13H12BrNO/c1-9-6-7-12(16-2)10(8-9)11-4-3-5-13(14)15-11/h3-8H,1-2H3. The summed E-state index contributed by atoms with van der Waals surface area (Å²) in [5.74, 6) is 0.844. The molecule has 0 aliphatic heterocycles. The molecule has 0 radical (unpaired) electrons. The minimum atomic E-state index is 0.827. The zero-order chi connectivity index (χ0) is 11.5. The molecule has 1 aromatic heterocycles. The monoisotopic (exact) mass is 277 g/mol. The van der Waals surface area contributed by atoms with Crippen LogP contribution in [0, 0.1) is 6.92 Å². The Labute approximate surface area is 103 Å². The highest BCUT2D eigenvalue weighted by Crippen LogP contribution is 2.30. The van der Waals surface area contributed by atoms with Crippen molar-refractivity contribution in [3.8, 4) is 17.0 Å². The van der Waals surface area contributed by atoms with Crippen molar-refractivity contribution in [2.75, 3.05) is 7.11 Å². The molecule has 0 fully saturated rings. The Balaban J connectivity index is 2.58. The number of aryl methyl sites for hydroxylation is 1. The first kappa shape index (κ1) is 11.1. The molecule has 3 heteroatoms. The Kier molecular flexibility index (Phi) is 3.25. The number of ether oxygens (including phenoxy) is 1. The van der Waals surface area contributed by atoms with Crippen LogP contribution in [-0.4, -0.2) is 12.1 Å². The summed E-state index contributed by atoms with van der Waals surface area (Å²) >= 11 is 3.37. The lowest BCUT2D eigenvalue weighted by Gasteiger charge is -2.09. The second kappa shape index (κ2) is 4.66. The van der Waals surface area contributed by atoms with Crippen LogP contribution in [0.5, 0.6) is 5.75 Å². The van der Waals surface area contributed by atoms with Gasteiger partial charge in [0.2, 0.25) is 0 Å². The topological polar surface area (TPSA) is 22.1 Å². The van der Waals surface area contributed by atoms with E-state index in [4.69, 9.17) is 4.74 Å². The van der Waals surface area contributed by atoms with Gasteiger partial charge in [-0.2, -0.15) is 0 Å². The summed E-state index contributed by atoms with van der Waals surface area (Å²) in [5, 5.41) is 0. The molecular weight excluding hydrogens is 266 g/mol. The SMILES string of the molecule is COc1ccc(C)cc1-c1cccc(Br)n1. The van der Waals surface area contributed by atoms with Crippen LogP contribution in [0.3, 0.4) is 0 Å². The van der Waals surface area contributed by atoms with Gasteiger partial charge in [-0.15, -0.1) is 0 Å². The highest BCUT2D eigenvalue weighted by molar-refractivity contribution is 9.10. The highest BCUT2D eigenvalue weighted by Gasteiger charge is 2.07. The van der Waals surface area contributed by atoms with Gasteiger partial charge in [-0.05, 0) is 47.1 Å². The van der Waals surface area contributed by atoms with E-state index >= 15 is 0 Å². The number of halogens is 1. The summed E-state index contributed by atoms with van der Waals surface area (Å²) < 4.78 is 6.17. The Hall–Kier alpha value is -1.35. The second-order valence-corrected chi connectivity index (χ2v) is 4.36. The molecule has 16 heavy (non-hydrogen) atoms. The van der Waals surface area contributed by atoms with Crippen LogP contribution in [0.15, 0.2) is 41.0 Å². The predicted molar refractivity (Wildman–Crippen MR) is 68.7 cm³/mol. The van der Waals surface area contributed by atoms with Crippen LogP contribution in [0.4, 0.5) is 0 Å². The van der Waals surface area contributed by atoms with Gasteiger partial charge in [0.05, 0.1) is 12.8 Å². The number of benzene rings is 1. The van der Waals surface area contributed by atoms with Crippen LogP contribution in [-0.2, 0) is 0 Å². The third-order valence-electron chi connectivity index (χ3n) is 2.35. The molecule has 0 amide bonds. The first-order chi connectivity index (χ1) is 7.70. The molecule has 0 unspecified atom stereocenters. The van der Waals surface area contributed by atoms with Gasteiger partial charge in [0, 0.05) is 5.56 Å². The summed E-state index contributed by atoms with van der Waals surface area (Å²) in [5.41, 5.74) is 3.12. The number of rotatable bonds is 2. The maximum atomic E-state index is 5.34. The normalized spacial score (nSPS) is 10.2. The maximum absolute atomic E-state index is 5.34. The average molecular weight is 278 g/mol. The first-order valence-electron chi connectivity index (χ1n) is 4.98. The molecule has 0 aliphatic carbocycles. The number of hydrogen-bond acceptors (Lipinski definition) is 2.